The fourth-order valence-corrected chi connectivity index (χ4v) is 2.95. The molecule has 1 fully saturated rings. The number of nitrogens with one attached hydrogen (secondary N) is 2. The first kappa shape index (κ1) is 16.8. The van der Waals surface area contributed by atoms with Crippen LogP contribution in [0.2, 0.25) is 0 Å². The van der Waals surface area contributed by atoms with E-state index in [2.05, 4.69) is 15.5 Å². The van der Waals surface area contributed by atoms with Crippen molar-refractivity contribution >= 4 is 11.6 Å². The molecule has 0 radical (unpaired) electrons. The molecule has 1 aromatic rings. The number of likely N-dealkylation sites (tertiary alicyclic amines) is 1. The SMILES string of the molecule is CCOc1ccc(NC(=O)CN2CCCC(CNC)C2)cc1. The third-order valence-electron chi connectivity index (χ3n) is 3.91. The van der Waals surface area contributed by atoms with Crippen molar-refractivity contribution in [3.63, 3.8) is 0 Å². The molecule has 1 atom stereocenters. The van der Waals surface area contributed by atoms with Crippen molar-refractivity contribution < 1.29 is 9.53 Å². The van der Waals surface area contributed by atoms with E-state index in [1.165, 1.54) is 12.8 Å². The molecule has 1 aromatic carbocycles. The molecule has 1 aliphatic rings. The van der Waals surface area contributed by atoms with Crippen LogP contribution in [0.15, 0.2) is 24.3 Å². The molecule has 0 aromatic heterocycles. The number of ether oxygens (including phenoxy) is 1. The highest BCUT2D eigenvalue weighted by atomic mass is 16.5. The second kappa shape index (κ2) is 8.76. The minimum atomic E-state index is 0.0502. The van der Waals surface area contributed by atoms with Gasteiger partial charge in [0.15, 0.2) is 0 Å². The quantitative estimate of drug-likeness (QED) is 0.808. The first-order valence-electron chi connectivity index (χ1n) is 8.11. The summed E-state index contributed by atoms with van der Waals surface area (Å²) in [6.07, 6.45) is 2.42. The molecule has 0 aliphatic carbocycles. The van der Waals surface area contributed by atoms with Crippen LogP contribution in [0.3, 0.4) is 0 Å². The Balaban J connectivity index is 1.79. The van der Waals surface area contributed by atoms with E-state index in [0.717, 1.165) is 31.1 Å². The van der Waals surface area contributed by atoms with Gasteiger partial charge in [0.05, 0.1) is 13.2 Å². The van der Waals surface area contributed by atoms with Crippen LogP contribution in [0.25, 0.3) is 0 Å². The molecule has 0 spiro atoms. The van der Waals surface area contributed by atoms with E-state index in [0.29, 0.717) is 19.1 Å². The number of benzene rings is 1. The van der Waals surface area contributed by atoms with Crippen LogP contribution in [-0.2, 0) is 4.79 Å². The number of rotatable bonds is 7. The second-order valence-electron chi connectivity index (χ2n) is 5.81. The maximum Gasteiger partial charge on any atom is 0.238 e. The molecule has 1 saturated heterocycles. The van der Waals surface area contributed by atoms with Gasteiger partial charge in [0.1, 0.15) is 5.75 Å². The molecule has 1 aliphatic heterocycles. The van der Waals surface area contributed by atoms with E-state index in [1.54, 1.807) is 0 Å². The molecule has 1 heterocycles. The number of anilines is 1. The predicted molar refractivity (Wildman–Crippen MR) is 89.3 cm³/mol. The summed E-state index contributed by atoms with van der Waals surface area (Å²) in [6.45, 7) is 6.10. The number of hydrogen-bond donors (Lipinski definition) is 2. The lowest BCUT2D eigenvalue weighted by Crippen LogP contribution is -2.42. The Hall–Kier alpha value is -1.59. The normalized spacial score (nSPS) is 18.9. The minimum absolute atomic E-state index is 0.0502. The standard InChI is InChI=1S/C17H27N3O2/c1-3-22-16-8-6-15(7-9-16)19-17(21)13-20-10-4-5-14(12-20)11-18-2/h6-9,14,18H,3-5,10-13H2,1-2H3,(H,19,21). The van der Waals surface area contributed by atoms with Gasteiger partial charge in [-0.25, -0.2) is 0 Å². The number of piperidine rings is 1. The summed E-state index contributed by atoms with van der Waals surface area (Å²) in [5.41, 5.74) is 0.817. The summed E-state index contributed by atoms with van der Waals surface area (Å²) in [7, 11) is 1.98. The number of amides is 1. The van der Waals surface area contributed by atoms with E-state index in [9.17, 15) is 4.79 Å². The molecular weight excluding hydrogens is 278 g/mol. The molecule has 5 nitrogen and oxygen atoms in total. The van der Waals surface area contributed by atoms with Crippen molar-refractivity contribution in [1.82, 2.24) is 10.2 Å². The van der Waals surface area contributed by atoms with Crippen molar-refractivity contribution in [2.24, 2.45) is 5.92 Å². The summed E-state index contributed by atoms with van der Waals surface area (Å²) < 4.78 is 5.40. The van der Waals surface area contributed by atoms with E-state index < -0.39 is 0 Å². The van der Waals surface area contributed by atoms with Crippen LogP contribution in [0.1, 0.15) is 19.8 Å². The zero-order valence-electron chi connectivity index (χ0n) is 13.6. The minimum Gasteiger partial charge on any atom is -0.494 e. The van der Waals surface area contributed by atoms with Gasteiger partial charge in [-0.2, -0.15) is 0 Å². The monoisotopic (exact) mass is 305 g/mol. The Morgan fingerprint density at radius 1 is 1.36 bits per heavy atom. The van der Waals surface area contributed by atoms with Gasteiger partial charge in [0.2, 0.25) is 5.91 Å². The number of carbonyl (C=O) groups is 1. The van der Waals surface area contributed by atoms with Crippen LogP contribution in [-0.4, -0.2) is 50.6 Å². The summed E-state index contributed by atoms with van der Waals surface area (Å²) in [5, 5.41) is 6.18. The van der Waals surface area contributed by atoms with Gasteiger partial charge in [-0.1, -0.05) is 0 Å². The van der Waals surface area contributed by atoms with Crippen molar-refractivity contribution in [2.45, 2.75) is 19.8 Å². The number of carbonyl (C=O) groups excluding carboxylic acids is 1. The Morgan fingerprint density at radius 3 is 2.82 bits per heavy atom. The van der Waals surface area contributed by atoms with Crippen molar-refractivity contribution in [2.75, 3.05) is 45.2 Å². The van der Waals surface area contributed by atoms with Crippen molar-refractivity contribution in [3.05, 3.63) is 24.3 Å². The van der Waals surface area contributed by atoms with E-state index in [-0.39, 0.29) is 5.91 Å². The molecule has 122 valence electrons. The lowest BCUT2D eigenvalue weighted by Gasteiger charge is -2.32. The molecule has 5 heteroatoms. The van der Waals surface area contributed by atoms with Gasteiger partial charge in [-0.3, -0.25) is 9.69 Å². The maximum atomic E-state index is 12.2. The van der Waals surface area contributed by atoms with Crippen LogP contribution >= 0.6 is 0 Å². The van der Waals surface area contributed by atoms with E-state index >= 15 is 0 Å². The van der Waals surface area contributed by atoms with Gasteiger partial charge in [0, 0.05) is 12.2 Å². The highest BCUT2D eigenvalue weighted by Crippen LogP contribution is 2.17. The fourth-order valence-electron chi connectivity index (χ4n) is 2.95. The Labute approximate surface area is 133 Å². The number of hydrogen-bond acceptors (Lipinski definition) is 4. The maximum absolute atomic E-state index is 12.2. The first-order valence-corrected chi connectivity index (χ1v) is 8.11. The van der Waals surface area contributed by atoms with Crippen LogP contribution in [0, 0.1) is 5.92 Å². The largest absolute Gasteiger partial charge is 0.494 e. The second-order valence-corrected chi connectivity index (χ2v) is 5.81. The Kier molecular flexibility index (Phi) is 6.68. The lowest BCUT2D eigenvalue weighted by atomic mass is 9.98. The Bertz CT molecular complexity index is 459. The molecular formula is C17H27N3O2. The van der Waals surface area contributed by atoms with E-state index in [1.807, 2.05) is 38.2 Å². The fraction of sp³-hybridized carbons (Fsp3) is 0.588. The van der Waals surface area contributed by atoms with Crippen LogP contribution in [0.5, 0.6) is 5.75 Å². The molecule has 22 heavy (non-hydrogen) atoms. The van der Waals surface area contributed by atoms with Gasteiger partial charge in [-0.05, 0) is 70.1 Å². The van der Waals surface area contributed by atoms with Crippen LogP contribution in [0.4, 0.5) is 5.69 Å². The third-order valence-corrected chi connectivity index (χ3v) is 3.91. The zero-order chi connectivity index (χ0) is 15.8. The Morgan fingerprint density at radius 2 is 2.14 bits per heavy atom. The van der Waals surface area contributed by atoms with Gasteiger partial charge in [0.25, 0.3) is 0 Å². The first-order chi connectivity index (χ1) is 10.7. The molecule has 1 unspecified atom stereocenters. The molecule has 0 bridgehead atoms. The van der Waals surface area contributed by atoms with Crippen molar-refractivity contribution in [1.29, 1.82) is 0 Å². The van der Waals surface area contributed by atoms with Crippen LogP contribution < -0.4 is 15.4 Å². The van der Waals surface area contributed by atoms with Gasteiger partial charge in [-0.15, -0.1) is 0 Å². The molecule has 2 rings (SSSR count). The average Bonchev–Trinajstić information content (AvgIpc) is 2.50. The highest BCUT2D eigenvalue weighted by molar-refractivity contribution is 5.92. The summed E-state index contributed by atoms with van der Waals surface area (Å²) >= 11 is 0. The summed E-state index contributed by atoms with van der Waals surface area (Å²) in [6, 6.07) is 7.51. The van der Waals surface area contributed by atoms with Gasteiger partial charge < -0.3 is 15.4 Å². The smallest absolute Gasteiger partial charge is 0.238 e. The lowest BCUT2D eigenvalue weighted by molar-refractivity contribution is -0.117. The zero-order valence-corrected chi connectivity index (χ0v) is 13.6. The third kappa shape index (κ3) is 5.31. The predicted octanol–water partition coefficient (Wildman–Crippen LogP) is 1.96. The molecule has 0 saturated carbocycles. The van der Waals surface area contributed by atoms with E-state index in [4.69, 9.17) is 4.74 Å². The summed E-state index contributed by atoms with van der Waals surface area (Å²) in [4.78, 5) is 14.4. The number of nitrogens with zero attached hydrogens (tertiary/aromatic N) is 1. The molecule has 2 N–H and O–H groups in total. The summed E-state index contributed by atoms with van der Waals surface area (Å²) in [5.74, 6) is 1.53. The topological polar surface area (TPSA) is 53.6 Å². The highest BCUT2D eigenvalue weighted by Gasteiger charge is 2.20. The molecule has 1 amide bonds. The average molecular weight is 305 g/mol. The van der Waals surface area contributed by atoms with Crippen molar-refractivity contribution in [3.8, 4) is 5.75 Å². The van der Waals surface area contributed by atoms with Gasteiger partial charge >= 0.3 is 0 Å².